The molecular weight excluding hydrogens is 272 g/mol. The highest BCUT2D eigenvalue weighted by molar-refractivity contribution is 9.10. The summed E-state index contributed by atoms with van der Waals surface area (Å²) in [5, 5.41) is 2.95. The second kappa shape index (κ2) is 5.45. The average molecular weight is 287 g/mol. The summed E-state index contributed by atoms with van der Waals surface area (Å²) >= 11 is 3.49. The van der Waals surface area contributed by atoms with Gasteiger partial charge in [0.25, 0.3) is 0 Å². The molecule has 1 N–H and O–H groups in total. The summed E-state index contributed by atoms with van der Waals surface area (Å²) in [6, 6.07) is 0. The van der Waals surface area contributed by atoms with Gasteiger partial charge in [-0.05, 0) is 22.4 Å². The second-order valence-corrected chi connectivity index (χ2v) is 4.42. The van der Waals surface area contributed by atoms with Gasteiger partial charge in [-0.15, -0.1) is 0 Å². The first kappa shape index (κ1) is 11.6. The van der Waals surface area contributed by atoms with Crippen LogP contribution in [0, 0.1) is 0 Å². The van der Waals surface area contributed by atoms with E-state index in [1.807, 2.05) is 7.05 Å². The minimum atomic E-state index is 0.642. The van der Waals surface area contributed by atoms with Crippen molar-refractivity contribution in [1.82, 2.24) is 9.97 Å². The molecule has 0 radical (unpaired) electrons. The van der Waals surface area contributed by atoms with Gasteiger partial charge in [0.1, 0.15) is 5.82 Å². The minimum Gasteiger partial charge on any atom is -0.380 e. The molecule has 0 aromatic carbocycles. The van der Waals surface area contributed by atoms with Crippen LogP contribution < -0.4 is 10.2 Å². The van der Waals surface area contributed by atoms with Gasteiger partial charge < -0.3 is 15.0 Å². The monoisotopic (exact) mass is 286 g/mol. The van der Waals surface area contributed by atoms with Crippen LogP contribution in [0.4, 0.5) is 11.8 Å². The Balaban J connectivity index is 2.22. The van der Waals surface area contributed by atoms with Crippen molar-refractivity contribution in [3.05, 3.63) is 10.7 Å². The Bertz CT molecular complexity index is 353. The summed E-state index contributed by atoms with van der Waals surface area (Å²) in [6.45, 7) is 3.43. The molecule has 0 atom stereocenters. The molecule has 1 aromatic rings. The van der Waals surface area contributed by atoms with E-state index in [1.165, 1.54) is 0 Å². The third-order valence-electron chi connectivity index (χ3n) is 2.47. The topological polar surface area (TPSA) is 50.3 Å². The molecule has 0 amide bonds. The number of ether oxygens (including phenoxy) is 1. The zero-order chi connectivity index (χ0) is 11.4. The lowest BCUT2D eigenvalue weighted by molar-refractivity contribution is 0.152. The predicted molar refractivity (Wildman–Crippen MR) is 66.9 cm³/mol. The van der Waals surface area contributed by atoms with Gasteiger partial charge in [0.15, 0.2) is 0 Å². The van der Waals surface area contributed by atoms with Crippen molar-refractivity contribution in [1.29, 1.82) is 0 Å². The summed E-state index contributed by atoms with van der Waals surface area (Å²) in [4.78, 5) is 10.8. The van der Waals surface area contributed by atoms with Crippen LogP contribution in [0.2, 0.25) is 0 Å². The highest BCUT2D eigenvalue weighted by atomic mass is 79.9. The maximum Gasteiger partial charge on any atom is 0.224 e. The Hall–Kier alpha value is -0.880. The highest BCUT2D eigenvalue weighted by Gasteiger charge is 2.15. The Labute approximate surface area is 103 Å². The van der Waals surface area contributed by atoms with Crippen LogP contribution in [0.5, 0.6) is 0 Å². The predicted octanol–water partition coefficient (Wildman–Crippen LogP) is 1.51. The van der Waals surface area contributed by atoms with Gasteiger partial charge in [-0.2, -0.15) is 4.98 Å². The van der Waals surface area contributed by atoms with Crippen molar-refractivity contribution < 1.29 is 4.74 Å². The van der Waals surface area contributed by atoms with Crippen molar-refractivity contribution >= 4 is 27.7 Å². The number of aromatic nitrogens is 2. The smallest absolute Gasteiger partial charge is 0.224 e. The molecule has 1 aliphatic rings. The molecule has 2 rings (SSSR count). The van der Waals surface area contributed by atoms with Crippen molar-refractivity contribution in [2.75, 3.05) is 43.6 Å². The third kappa shape index (κ3) is 2.62. The fourth-order valence-electron chi connectivity index (χ4n) is 1.66. The number of nitrogens with zero attached hydrogens (tertiary/aromatic N) is 3. The third-order valence-corrected chi connectivity index (χ3v) is 3.03. The summed E-state index contributed by atoms with van der Waals surface area (Å²) < 4.78 is 6.35. The Morgan fingerprint density at radius 3 is 3.12 bits per heavy atom. The largest absolute Gasteiger partial charge is 0.380 e. The number of hydrogen-bond donors (Lipinski definition) is 1. The molecule has 88 valence electrons. The average Bonchev–Trinajstić information content (AvgIpc) is 2.58. The number of nitrogens with one attached hydrogen (secondary N) is 1. The maximum absolute atomic E-state index is 5.43. The Kier molecular flexibility index (Phi) is 3.95. The number of hydrogen-bond acceptors (Lipinski definition) is 5. The van der Waals surface area contributed by atoms with Crippen molar-refractivity contribution in [3.63, 3.8) is 0 Å². The van der Waals surface area contributed by atoms with Crippen molar-refractivity contribution in [3.8, 4) is 0 Å². The quantitative estimate of drug-likeness (QED) is 0.893. The molecular formula is C10H15BrN4O. The summed E-state index contributed by atoms with van der Waals surface area (Å²) in [7, 11) is 1.82. The van der Waals surface area contributed by atoms with E-state index >= 15 is 0 Å². The molecule has 0 unspecified atom stereocenters. The molecule has 0 aliphatic carbocycles. The Morgan fingerprint density at radius 1 is 1.44 bits per heavy atom. The standard InChI is InChI=1S/C10H15BrN4O/c1-12-10-13-7-8(11)9(14-10)15-3-2-5-16-6-4-15/h7H,2-6H2,1H3,(H,12,13,14). The van der Waals surface area contributed by atoms with Crippen LogP contribution in [0.3, 0.4) is 0 Å². The molecule has 0 spiro atoms. The SMILES string of the molecule is CNc1ncc(Br)c(N2CCCOCC2)n1. The zero-order valence-corrected chi connectivity index (χ0v) is 10.8. The Morgan fingerprint density at radius 2 is 2.31 bits per heavy atom. The van der Waals surface area contributed by atoms with Gasteiger partial charge in [0.2, 0.25) is 5.95 Å². The molecule has 1 fully saturated rings. The summed E-state index contributed by atoms with van der Waals surface area (Å²) in [5.74, 6) is 1.58. The lowest BCUT2D eigenvalue weighted by Crippen LogP contribution is -2.27. The molecule has 16 heavy (non-hydrogen) atoms. The lowest BCUT2D eigenvalue weighted by Gasteiger charge is -2.22. The molecule has 1 aromatic heterocycles. The number of rotatable bonds is 2. The summed E-state index contributed by atoms with van der Waals surface area (Å²) in [6.07, 6.45) is 2.81. The van der Waals surface area contributed by atoms with Gasteiger partial charge in [-0.25, -0.2) is 4.98 Å². The maximum atomic E-state index is 5.43. The fourth-order valence-corrected chi connectivity index (χ4v) is 2.10. The minimum absolute atomic E-state index is 0.642. The van der Waals surface area contributed by atoms with E-state index in [4.69, 9.17) is 4.74 Å². The van der Waals surface area contributed by atoms with E-state index in [1.54, 1.807) is 6.20 Å². The van der Waals surface area contributed by atoms with Gasteiger partial charge in [-0.3, -0.25) is 0 Å². The number of halogens is 1. The number of anilines is 2. The van der Waals surface area contributed by atoms with Crippen LogP contribution in [-0.4, -0.2) is 43.3 Å². The van der Waals surface area contributed by atoms with Gasteiger partial charge in [0, 0.05) is 32.9 Å². The molecule has 5 nitrogen and oxygen atoms in total. The first-order valence-electron chi connectivity index (χ1n) is 5.34. The van der Waals surface area contributed by atoms with E-state index < -0.39 is 0 Å². The van der Waals surface area contributed by atoms with Crippen LogP contribution in [0.1, 0.15) is 6.42 Å². The fraction of sp³-hybridized carbons (Fsp3) is 0.600. The van der Waals surface area contributed by atoms with Crippen LogP contribution in [-0.2, 0) is 4.74 Å². The first-order chi connectivity index (χ1) is 7.81. The highest BCUT2D eigenvalue weighted by Crippen LogP contribution is 2.24. The summed E-state index contributed by atoms with van der Waals surface area (Å²) in [5.41, 5.74) is 0. The first-order valence-corrected chi connectivity index (χ1v) is 6.13. The van der Waals surface area contributed by atoms with Gasteiger partial charge >= 0.3 is 0 Å². The zero-order valence-electron chi connectivity index (χ0n) is 9.24. The normalized spacial score (nSPS) is 17.0. The van der Waals surface area contributed by atoms with Crippen LogP contribution in [0.25, 0.3) is 0 Å². The van der Waals surface area contributed by atoms with Crippen molar-refractivity contribution in [2.24, 2.45) is 0 Å². The van der Waals surface area contributed by atoms with Gasteiger partial charge in [0.05, 0.1) is 11.1 Å². The molecule has 0 saturated carbocycles. The van der Waals surface area contributed by atoms with E-state index in [2.05, 4.69) is 36.1 Å². The van der Waals surface area contributed by atoms with E-state index in [0.717, 1.165) is 43.0 Å². The van der Waals surface area contributed by atoms with E-state index in [9.17, 15) is 0 Å². The van der Waals surface area contributed by atoms with E-state index in [0.29, 0.717) is 5.95 Å². The molecule has 1 aliphatic heterocycles. The molecule has 2 heterocycles. The van der Waals surface area contributed by atoms with Crippen LogP contribution >= 0.6 is 15.9 Å². The second-order valence-electron chi connectivity index (χ2n) is 3.57. The lowest BCUT2D eigenvalue weighted by atomic mass is 10.4. The van der Waals surface area contributed by atoms with Crippen LogP contribution in [0.15, 0.2) is 10.7 Å². The van der Waals surface area contributed by atoms with E-state index in [-0.39, 0.29) is 0 Å². The molecule has 1 saturated heterocycles. The molecule has 6 heteroatoms. The van der Waals surface area contributed by atoms with Crippen molar-refractivity contribution in [2.45, 2.75) is 6.42 Å². The molecule has 0 bridgehead atoms. The van der Waals surface area contributed by atoms with Gasteiger partial charge in [-0.1, -0.05) is 0 Å².